The number of carboxylic acid groups (broad SMARTS) is 1. The zero-order valence-corrected chi connectivity index (χ0v) is 40.0. The minimum atomic E-state index is -3.04. The number of halogens is 3. The van der Waals surface area contributed by atoms with Crippen molar-refractivity contribution in [3.8, 4) is 29.8 Å². The van der Waals surface area contributed by atoms with Crippen LogP contribution in [0.1, 0.15) is 140 Å². The van der Waals surface area contributed by atoms with Crippen molar-refractivity contribution in [2.75, 3.05) is 12.8 Å². The number of carbonyl (C=O) groups excluding carboxylic acids is 2. The van der Waals surface area contributed by atoms with Gasteiger partial charge in [-0.15, -0.1) is 0 Å². The fraction of sp³-hybridized carbons (Fsp3) is 0.380. The van der Waals surface area contributed by atoms with Crippen LogP contribution in [0, 0.1) is 73.8 Å². The summed E-state index contributed by atoms with van der Waals surface area (Å²) in [5.41, 5.74) is 11.2. The standard InChI is InChI=1S/C32H36BrF2NO6.C12H16O2.C4H8.C2H2O/c1-9-12-20(22(40-8)13-10-2)23(14-11-3)41-30-17(5)16(4)25(29(38)27(30)33)32(39)42-24-15-21(31(34)35)26(19(7)37)28(36)18(24)6;1-6-7(2)9(4)11(12(13)14)10(5)8(6)3;1-2-4-3-1;1-2-3/h9-10,12-15,20,31,38H,2,11,36H2,1,3-8H3;1-5H3,(H,13,14);1-4H2;1,3H/b12-9-,22-13+,23-14?;;;. The number of allylic oxidation sites excluding steroid dienone is 4. The normalized spacial score (nSPS) is 12.6. The van der Waals surface area contributed by atoms with Crippen molar-refractivity contribution < 1.29 is 52.7 Å². The Hall–Kier alpha value is -5.87. The highest BCUT2D eigenvalue weighted by Crippen LogP contribution is 2.45. The SMILES string of the molecule is C#CO.C1CCC1.C=C/C=C(/OC)C(/C=C\C)C(=CCC)Oc1c(C)c(C)c(C(=O)Oc2cc(C(F)F)c(C(C)=O)c(N)c2C)c(O)c1Br.Cc1c(C)c(C)c(C(=O)O)c(C)c1C. The average molecular weight is 939 g/mol. The zero-order chi connectivity index (χ0) is 48.5. The summed E-state index contributed by atoms with van der Waals surface area (Å²) in [5, 5.41) is 27.3. The van der Waals surface area contributed by atoms with Crippen LogP contribution < -0.4 is 15.2 Å². The number of terminal acetylenes is 1. The summed E-state index contributed by atoms with van der Waals surface area (Å²) in [4.78, 5) is 36.4. The number of aromatic carboxylic acids is 1. The van der Waals surface area contributed by atoms with Gasteiger partial charge in [-0.2, -0.15) is 0 Å². The molecule has 1 aliphatic rings. The molecule has 1 atom stereocenters. The molecule has 0 aromatic heterocycles. The summed E-state index contributed by atoms with van der Waals surface area (Å²) in [7, 11) is 1.54. The lowest BCUT2D eigenvalue weighted by molar-refractivity contribution is 0.0691. The Morgan fingerprint density at radius 1 is 0.889 bits per heavy atom. The summed E-state index contributed by atoms with van der Waals surface area (Å²) in [6, 6.07) is 0.921. The van der Waals surface area contributed by atoms with Crippen molar-refractivity contribution in [2.24, 2.45) is 5.92 Å². The smallest absolute Gasteiger partial charge is 0.347 e. The second-order valence-electron chi connectivity index (χ2n) is 14.7. The molecule has 0 bridgehead atoms. The number of alkyl halides is 2. The van der Waals surface area contributed by atoms with Gasteiger partial charge in [-0.05, 0) is 149 Å². The van der Waals surface area contributed by atoms with Crippen LogP contribution in [0.25, 0.3) is 0 Å². The van der Waals surface area contributed by atoms with E-state index in [1.165, 1.54) is 44.3 Å². The Balaban J connectivity index is 0.000000767. The van der Waals surface area contributed by atoms with E-state index in [4.69, 9.17) is 30.2 Å². The lowest BCUT2D eigenvalue weighted by Gasteiger charge is -2.23. The number of benzene rings is 3. The highest BCUT2D eigenvalue weighted by Gasteiger charge is 2.30. The van der Waals surface area contributed by atoms with Crippen molar-refractivity contribution in [1.29, 1.82) is 0 Å². The number of aliphatic hydroxyl groups is 1. The van der Waals surface area contributed by atoms with E-state index in [0.29, 0.717) is 34.6 Å². The number of carboxylic acids is 1. The highest BCUT2D eigenvalue weighted by atomic mass is 79.9. The molecule has 63 heavy (non-hydrogen) atoms. The molecule has 0 spiro atoms. The number of anilines is 1. The third-order valence-electron chi connectivity index (χ3n) is 10.9. The maximum atomic E-state index is 13.8. The van der Waals surface area contributed by atoms with Crippen LogP contribution in [0.5, 0.6) is 17.2 Å². The number of methoxy groups -OCH3 is 1. The number of nitrogen functional groups attached to an aromatic ring is 1. The van der Waals surface area contributed by atoms with Crippen molar-refractivity contribution in [3.05, 3.63) is 126 Å². The number of phenolic OH excluding ortho intramolecular Hbond substituents is 1. The monoisotopic (exact) mass is 937 g/mol. The Labute approximate surface area is 379 Å². The highest BCUT2D eigenvalue weighted by molar-refractivity contribution is 9.10. The summed E-state index contributed by atoms with van der Waals surface area (Å²) in [6.45, 7) is 23.2. The summed E-state index contributed by atoms with van der Waals surface area (Å²) in [6.07, 6.45) is 17.9. The number of hydrogen-bond donors (Lipinski definition) is 4. The van der Waals surface area contributed by atoms with Crippen molar-refractivity contribution in [2.45, 2.75) is 115 Å². The van der Waals surface area contributed by atoms with E-state index >= 15 is 0 Å². The number of ether oxygens (including phenoxy) is 3. The van der Waals surface area contributed by atoms with Gasteiger partial charge in [-0.1, -0.05) is 63.8 Å². The fourth-order valence-electron chi connectivity index (χ4n) is 6.47. The first kappa shape index (κ1) is 55.1. The van der Waals surface area contributed by atoms with Gasteiger partial charge in [0.05, 0.1) is 18.6 Å². The van der Waals surface area contributed by atoms with E-state index in [1.54, 1.807) is 33.1 Å². The van der Waals surface area contributed by atoms with Crippen LogP contribution in [-0.2, 0) is 4.74 Å². The number of aromatic hydroxyl groups is 1. The molecule has 0 heterocycles. The molecule has 3 aromatic carbocycles. The number of rotatable bonds is 13. The van der Waals surface area contributed by atoms with Crippen molar-refractivity contribution >= 4 is 39.3 Å². The van der Waals surface area contributed by atoms with Gasteiger partial charge in [0.15, 0.2) is 5.78 Å². The molecule has 1 unspecified atom stereocenters. The summed E-state index contributed by atoms with van der Waals surface area (Å²) >= 11 is 3.36. The summed E-state index contributed by atoms with van der Waals surface area (Å²) < 4.78 is 45.0. The van der Waals surface area contributed by atoms with Gasteiger partial charge in [0.2, 0.25) is 0 Å². The number of aliphatic hydroxyl groups excluding tert-OH is 1. The first-order chi connectivity index (χ1) is 29.6. The van der Waals surface area contributed by atoms with Crippen molar-refractivity contribution in [3.63, 3.8) is 0 Å². The molecule has 0 aliphatic heterocycles. The number of nitrogens with two attached hydrogens (primary N) is 1. The van der Waals surface area contributed by atoms with Crippen LogP contribution in [-0.4, -0.2) is 40.2 Å². The number of phenols is 1. The molecular weight excluding hydrogens is 876 g/mol. The second kappa shape index (κ2) is 25.9. The molecule has 0 saturated heterocycles. The van der Waals surface area contributed by atoms with Crippen LogP contribution in [0.4, 0.5) is 14.5 Å². The number of Topliss-reactive ketones (excluding diaryl/α,β-unsaturated/α-hetero) is 1. The number of ketones is 1. The van der Waals surface area contributed by atoms with Gasteiger partial charge in [-0.3, -0.25) is 4.79 Å². The molecule has 0 radical (unpaired) electrons. The van der Waals surface area contributed by atoms with E-state index in [0.717, 1.165) is 35.2 Å². The largest absolute Gasteiger partial charge is 0.506 e. The number of esters is 1. The first-order valence-corrected chi connectivity index (χ1v) is 21.1. The van der Waals surface area contributed by atoms with Crippen LogP contribution >= 0.6 is 15.9 Å². The third kappa shape index (κ3) is 13.8. The van der Waals surface area contributed by atoms with Gasteiger partial charge in [0.1, 0.15) is 44.9 Å². The van der Waals surface area contributed by atoms with E-state index < -0.39 is 41.4 Å². The fourth-order valence-corrected chi connectivity index (χ4v) is 7.04. The average Bonchev–Trinajstić information content (AvgIpc) is 3.19. The van der Waals surface area contributed by atoms with Gasteiger partial charge < -0.3 is 35.3 Å². The van der Waals surface area contributed by atoms with E-state index in [1.807, 2.05) is 66.7 Å². The maximum Gasteiger partial charge on any atom is 0.347 e. The van der Waals surface area contributed by atoms with Crippen LogP contribution in [0.2, 0.25) is 0 Å². The van der Waals surface area contributed by atoms with Crippen molar-refractivity contribution in [1.82, 2.24) is 0 Å². The molecule has 1 fully saturated rings. The molecule has 3 aromatic rings. The minimum Gasteiger partial charge on any atom is -0.506 e. The van der Waals surface area contributed by atoms with E-state index in [2.05, 4.69) is 28.9 Å². The van der Waals surface area contributed by atoms with Gasteiger partial charge in [0.25, 0.3) is 6.43 Å². The molecule has 0 amide bonds. The maximum absolute atomic E-state index is 13.8. The predicted octanol–water partition coefficient (Wildman–Crippen LogP) is 13.0. The molecule has 1 saturated carbocycles. The molecule has 1 aliphatic carbocycles. The zero-order valence-electron chi connectivity index (χ0n) is 38.4. The minimum absolute atomic E-state index is 0.0851. The Morgan fingerprint density at radius 3 is 1.78 bits per heavy atom. The lowest BCUT2D eigenvalue weighted by Crippen LogP contribution is -2.16. The first-order valence-electron chi connectivity index (χ1n) is 20.3. The van der Waals surface area contributed by atoms with Gasteiger partial charge in [0, 0.05) is 22.4 Å². The summed E-state index contributed by atoms with van der Waals surface area (Å²) in [5.74, 6) is -2.26. The molecule has 13 heteroatoms. The van der Waals surface area contributed by atoms with Gasteiger partial charge >= 0.3 is 11.9 Å². The number of carbonyl (C=O) groups is 3. The quantitative estimate of drug-likeness (QED) is 0.0189. The Kier molecular flexibility index (Phi) is 22.7. The van der Waals surface area contributed by atoms with E-state index in [-0.39, 0.29) is 38.3 Å². The molecule has 10 nitrogen and oxygen atoms in total. The predicted molar refractivity (Wildman–Crippen MR) is 250 cm³/mol. The van der Waals surface area contributed by atoms with Crippen LogP contribution in [0.15, 0.2) is 59.0 Å². The van der Waals surface area contributed by atoms with Crippen LogP contribution in [0.3, 0.4) is 0 Å². The molecule has 342 valence electrons. The second-order valence-corrected chi connectivity index (χ2v) is 15.5. The molecule has 5 N–H and O–H groups in total. The lowest BCUT2D eigenvalue weighted by atomic mass is 9.90. The Morgan fingerprint density at radius 2 is 1.38 bits per heavy atom. The number of hydrogen-bond acceptors (Lipinski definition) is 9. The van der Waals surface area contributed by atoms with Gasteiger partial charge in [-0.25, -0.2) is 18.4 Å². The van der Waals surface area contributed by atoms with E-state index in [9.17, 15) is 28.3 Å². The topological polar surface area (TPSA) is 166 Å². The molecular formula is C50H62BrF2NO9. The third-order valence-corrected chi connectivity index (χ3v) is 11.6. The molecule has 4 rings (SSSR count). The Bertz CT molecular complexity index is 2240.